The summed E-state index contributed by atoms with van der Waals surface area (Å²) in [5.41, 5.74) is 0.675. The molecule has 1 aromatic carbocycles. The molecule has 1 aromatic rings. The van der Waals surface area contributed by atoms with Gasteiger partial charge in [0.15, 0.2) is 0 Å². The fourth-order valence-electron chi connectivity index (χ4n) is 1.52. The van der Waals surface area contributed by atoms with Gasteiger partial charge in [0.25, 0.3) is 0 Å². The Morgan fingerprint density at radius 3 is 2.47 bits per heavy atom. The van der Waals surface area contributed by atoms with Crippen LogP contribution in [0.2, 0.25) is 0 Å². The molecule has 0 radical (unpaired) electrons. The second kappa shape index (κ2) is 7.35. The Morgan fingerprint density at radius 1 is 1.32 bits per heavy atom. The van der Waals surface area contributed by atoms with Crippen molar-refractivity contribution < 1.29 is 19.1 Å². The van der Waals surface area contributed by atoms with Crippen molar-refractivity contribution in [2.75, 3.05) is 13.1 Å². The maximum absolute atomic E-state index is 12.8. The highest BCUT2D eigenvalue weighted by molar-refractivity contribution is 5.80. The third kappa shape index (κ3) is 5.37. The molecule has 5 nitrogen and oxygen atoms in total. The molecule has 0 spiro atoms. The van der Waals surface area contributed by atoms with E-state index in [-0.39, 0.29) is 12.4 Å². The number of carboxylic acids is 1. The van der Waals surface area contributed by atoms with Gasteiger partial charge in [-0.05, 0) is 24.1 Å². The second-order valence-corrected chi connectivity index (χ2v) is 4.11. The first-order chi connectivity index (χ1) is 9.02. The largest absolute Gasteiger partial charge is 0.480 e. The van der Waals surface area contributed by atoms with E-state index in [1.165, 1.54) is 29.2 Å². The second-order valence-electron chi connectivity index (χ2n) is 4.11. The predicted octanol–water partition coefficient (Wildman–Crippen LogP) is 1.83. The molecule has 2 N–H and O–H groups in total. The minimum absolute atomic E-state index is 0.127. The van der Waals surface area contributed by atoms with E-state index < -0.39 is 18.5 Å². The third-order valence-electron chi connectivity index (χ3n) is 2.43. The van der Waals surface area contributed by atoms with Crippen LogP contribution in [0.15, 0.2) is 24.3 Å². The van der Waals surface area contributed by atoms with Crippen LogP contribution in [-0.4, -0.2) is 35.1 Å². The van der Waals surface area contributed by atoms with Crippen LogP contribution in [0.25, 0.3) is 0 Å². The summed E-state index contributed by atoms with van der Waals surface area (Å²) < 4.78 is 12.8. The lowest BCUT2D eigenvalue weighted by molar-refractivity contribution is -0.137. The van der Waals surface area contributed by atoms with Crippen molar-refractivity contribution in [3.63, 3.8) is 0 Å². The summed E-state index contributed by atoms with van der Waals surface area (Å²) in [6.45, 7) is 2.12. The van der Waals surface area contributed by atoms with Crippen LogP contribution in [0.1, 0.15) is 18.9 Å². The number of rotatable bonds is 6. The Kier molecular flexibility index (Phi) is 5.78. The van der Waals surface area contributed by atoms with Gasteiger partial charge in [-0.3, -0.25) is 4.79 Å². The lowest BCUT2D eigenvalue weighted by atomic mass is 10.2. The standard InChI is InChI=1S/C13H17FN2O3/c1-2-7-15-13(19)16(9-12(17)18)8-10-3-5-11(14)6-4-10/h3-6H,2,7-9H2,1H3,(H,15,19)(H,17,18). The number of carboxylic acid groups (broad SMARTS) is 1. The molecule has 6 heteroatoms. The molecule has 0 atom stereocenters. The van der Waals surface area contributed by atoms with Gasteiger partial charge in [0.2, 0.25) is 0 Å². The average molecular weight is 268 g/mol. The van der Waals surface area contributed by atoms with E-state index >= 15 is 0 Å². The molecule has 0 saturated carbocycles. The Balaban J connectivity index is 2.70. The Bertz CT molecular complexity index is 434. The number of carbonyl (C=O) groups excluding carboxylic acids is 1. The number of halogens is 1. The minimum atomic E-state index is -1.09. The molecule has 0 fully saturated rings. The van der Waals surface area contributed by atoms with Crippen LogP contribution in [0, 0.1) is 5.82 Å². The third-order valence-corrected chi connectivity index (χ3v) is 2.43. The quantitative estimate of drug-likeness (QED) is 0.827. The van der Waals surface area contributed by atoms with Crippen molar-refractivity contribution in [1.82, 2.24) is 10.2 Å². The Hall–Kier alpha value is -2.11. The van der Waals surface area contributed by atoms with Crippen molar-refractivity contribution in [3.05, 3.63) is 35.6 Å². The topological polar surface area (TPSA) is 69.6 Å². The fraction of sp³-hybridized carbons (Fsp3) is 0.385. The maximum Gasteiger partial charge on any atom is 0.323 e. The number of urea groups is 1. The first-order valence-electron chi connectivity index (χ1n) is 6.02. The average Bonchev–Trinajstić information content (AvgIpc) is 2.37. The molecule has 19 heavy (non-hydrogen) atoms. The number of hydrogen-bond donors (Lipinski definition) is 2. The number of aliphatic carboxylic acids is 1. The van der Waals surface area contributed by atoms with E-state index in [2.05, 4.69) is 5.32 Å². The highest BCUT2D eigenvalue weighted by Crippen LogP contribution is 2.07. The number of hydrogen-bond acceptors (Lipinski definition) is 2. The zero-order valence-corrected chi connectivity index (χ0v) is 10.7. The monoisotopic (exact) mass is 268 g/mol. The summed E-state index contributed by atoms with van der Waals surface area (Å²) in [5.74, 6) is -1.46. The van der Waals surface area contributed by atoms with Gasteiger partial charge in [0, 0.05) is 13.1 Å². The number of carbonyl (C=O) groups is 2. The molecule has 104 valence electrons. The molecule has 0 saturated heterocycles. The van der Waals surface area contributed by atoms with Gasteiger partial charge < -0.3 is 15.3 Å². The van der Waals surface area contributed by atoms with E-state index in [9.17, 15) is 14.0 Å². The molecule has 1 rings (SSSR count). The summed E-state index contributed by atoms with van der Waals surface area (Å²) >= 11 is 0. The van der Waals surface area contributed by atoms with Crippen LogP contribution in [0.4, 0.5) is 9.18 Å². The molecule has 0 aliphatic rings. The summed E-state index contributed by atoms with van der Waals surface area (Å²) in [6, 6.07) is 5.17. The van der Waals surface area contributed by atoms with Gasteiger partial charge in [-0.15, -0.1) is 0 Å². The number of benzene rings is 1. The fourth-order valence-corrected chi connectivity index (χ4v) is 1.52. The van der Waals surface area contributed by atoms with Crippen LogP contribution in [0.3, 0.4) is 0 Å². The summed E-state index contributed by atoms with van der Waals surface area (Å²) in [4.78, 5) is 23.7. The summed E-state index contributed by atoms with van der Waals surface area (Å²) in [6.07, 6.45) is 0.767. The molecule has 0 unspecified atom stereocenters. The highest BCUT2D eigenvalue weighted by atomic mass is 19.1. The maximum atomic E-state index is 12.8. The molecular formula is C13H17FN2O3. The zero-order chi connectivity index (χ0) is 14.3. The van der Waals surface area contributed by atoms with Crippen LogP contribution >= 0.6 is 0 Å². The van der Waals surface area contributed by atoms with E-state index in [1.54, 1.807) is 0 Å². The molecule has 0 heterocycles. The summed E-state index contributed by atoms with van der Waals surface area (Å²) in [5, 5.41) is 11.4. The van der Waals surface area contributed by atoms with Gasteiger partial charge in [-0.2, -0.15) is 0 Å². The van der Waals surface area contributed by atoms with E-state index in [1.807, 2.05) is 6.92 Å². The van der Waals surface area contributed by atoms with Gasteiger partial charge in [0.1, 0.15) is 12.4 Å². The van der Waals surface area contributed by atoms with Crippen molar-refractivity contribution in [2.24, 2.45) is 0 Å². The normalized spacial score (nSPS) is 10.0. The van der Waals surface area contributed by atoms with E-state index in [0.29, 0.717) is 12.1 Å². The Labute approximate surface area is 111 Å². The number of nitrogens with zero attached hydrogens (tertiary/aromatic N) is 1. The van der Waals surface area contributed by atoms with Crippen LogP contribution in [-0.2, 0) is 11.3 Å². The lowest BCUT2D eigenvalue weighted by Gasteiger charge is -2.21. The first-order valence-corrected chi connectivity index (χ1v) is 6.02. The van der Waals surface area contributed by atoms with Gasteiger partial charge in [-0.25, -0.2) is 9.18 Å². The molecule has 2 amide bonds. The molecular weight excluding hydrogens is 251 g/mol. The van der Waals surface area contributed by atoms with E-state index in [4.69, 9.17) is 5.11 Å². The molecule has 0 aliphatic heterocycles. The smallest absolute Gasteiger partial charge is 0.323 e. The summed E-state index contributed by atoms with van der Waals surface area (Å²) in [7, 11) is 0. The van der Waals surface area contributed by atoms with Gasteiger partial charge in [0.05, 0.1) is 0 Å². The van der Waals surface area contributed by atoms with Crippen molar-refractivity contribution in [2.45, 2.75) is 19.9 Å². The minimum Gasteiger partial charge on any atom is -0.480 e. The highest BCUT2D eigenvalue weighted by Gasteiger charge is 2.16. The van der Waals surface area contributed by atoms with E-state index in [0.717, 1.165) is 6.42 Å². The number of nitrogens with one attached hydrogen (secondary N) is 1. The Morgan fingerprint density at radius 2 is 1.95 bits per heavy atom. The molecule has 0 bridgehead atoms. The van der Waals surface area contributed by atoms with Gasteiger partial charge in [-0.1, -0.05) is 19.1 Å². The first kappa shape index (κ1) is 14.9. The lowest BCUT2D eigenvalue weighted by Crippen LogP contribution is -2.42. The van der Waals surface area contributed by atoms with Crippen molar-refractivity contribution in [1.29, 1.82) is 0 Å². The predicted molar refractivity (Wildman–Crippen MR) is 68.1 cm³/mol. The van der Waals surface area contributed by atoms with Crippen LogP contribution in [0.5, 0.6) is 0 Å². The van der Waals surface area contributed by atoms with Crippen molar-refractivity contribution >= 4 is 12.0 Å². The zero-order valence-electron chi connectivity index (χ0n) is 10.7. The molecule has 0 aliphatic carbocycles. The number of amides is 2. The van der Waals surface area contributed by atoms with Crippen molar-refractivity contribution in [3.8, 4) is 0 Å². The van der Waals surface area contributed by atoms with Gasteiger partial charge >= 0.3 is 12.0 Å². The van der Waals surface area contributed by atoms with Crippen LogP contribution < -0.4 is 5.32 Å². The molecule has 0 aromatic heterocycles. The SMILES string of the molecule is CCCNC(=O)N(CC(=O)O)Cc1ccc(F)cc1.